The van der Waals surface area contributed by atoms with Crippen molar-refractivity contribution < 1.29 is 41.6 Å². The molecule has 3 N–H and O–H groups in total. The van der Waals surface area contributed by atoms with E-state index in [9.17, 15) is 32.1 Å². The van der Waals surface area contributed by atoms with E-state index in [0.717, 1.165) is 38.5 Å². The monoisotopic (exact) mass is 671 g/mol. The molecule has 0 aliphatic heterocycles. The largest absolute Gasteiger partial charge is 0.464 e. The van der Waals surface area contributed by atoms with Crippen LogP contribution in [-0.2, 0) is 38.8 Å². The predicted molar refractivity (Wildman–Crippen MR) is 177 cm³/mol. The first kappa shape index (κ1) is 45.9. The molecule has 0 heterocycles. The van der Waals surface area contributed by atoms with Crippen LogP contribution in [0.4, 0.5) is 0 Å². The molecule has 1 atom stereocenters. The molecule has 259 valence electrons. The molecule has 0 aromatic carbocycles. The SMILES string of the molecule is CCCCCCCCCCCC(=O)NCCOC(=O)CC(C(=O)OCCNC(=O)CCCCCCCCCCC)S(=O)(=O)O.[Na]. The number of amides is 2. The average molecular weight is 672 g/mol. The van der Waals surface area contributed by atoms with Gasteiger partial charge in [0.05, 0.1) is 19.5 Å². The zero-order valence-electron chi connectivity index (χ0n) is 28.4. The number of esters is 2. The van der Waals surface area contributed by atoms with E-state index in [-0.39, 0.29) is 67.7 Å². The molecule has 13 heteroatoms. The molecule has 2 amide bonds. The van der Waals surface area contributed by atoms with E-state index >= 15 is 0 Å². The van der Waals surface area contributed by atoms with Crippen molar-refractivity contribution in [2.45, 2.75) is 154 Å². The Kier molecular flexibility index (Phi) is 32.0. The van der Waals surface area contributed by atoms with Gasteiger partial charge in [-0.25, -0.2) is 0 Å². The van der Waals surface area contributed by atoms with Gasteiger partial charge >= 0.3 is 11.9 Å². The molecule has 45 heavy (non-hydrogen) atoms. The van der Waals surface area contributed by atoms with Crippen molar-refractivity contribution in [2.24, 2.45) is 0 Å². The number of ether oxygens (including phenoxy) is 2. The molecular formula is C32H60N2NaO9S. The Bertz CT molecular complexity index is 888. The maximum absolute atomic E-state index is 12.2. The molecular weight excluding hydrogens is 611 g/mol. The van der Waals surface area contributed by atoms with Crippen molar-refractivity contribution in [3.63, 3.8) is 0 Å². The van der Waals surface area contributed by atoms with Crippen LogP contribution in [0.15, 0.2) is 0 Å². The summed E-state index contributed by atoms with van der Waals surface area (Å²) in [5.74, 6) is -2.71. The summed E-state index contributed by atoms with van der Waals surface area (Å²) in [4.78, 5) is 48.2. The first-order valence-electron chi connectivity index (χ1n) is 16.9. The van der Waals surface area contributed by atoms with E-state index < -0.39 is 33.7 Å². The molecule has 0 bridgehead atoms. The van der Waals surface area contributed by atoms with E-state index in [1.54, 1.807) is 0 Å². The summed E-state index contributed by atoms with van der Waals surface area (Å²) in [6.07, 6.45) is 20.4. The Labute approximate surface area is 294 Å². The molecule has 0 fully saturated rings. The number of unbranched alkanes of at least 4 members (excludes halogenated alkanes) is 16. The third kappa shape index (κ3) is 29.9. The molecule has 0 aromatic rings. The van der Waals surface area contributed by atoms with Gasteiger partial charge in [0.2, 0.25) is 11.8 Å². The van der Waals surface area contributed by atoms with E-state index in [2.05, 4.69) is 24.5 Å². The fourth-order valence-corrected chi connectivity index (χ4v) is 5.34. The van der Waals surface area contributed by atoms with Gasteiger partial charge in [-0.1, -0.05) is 117 Å². The normalized spacial score (nSPS) is 11.7. The quantitative estimate of drug-likeness (QED) is 0.0392. The Hall–Kier alpha value is -1.21. The topological polar surface area (TPSA) is 165 Å². The fraction of sp³-hybridized carbons (Fsp3) is 0.875. The molecule has 1 unspecified atom stereocenters. The Morgan fingerprint density at radius 2 is 0.956 bits per heavy atom. The summed E-state index contributed by atoms with van der Waals surface area (Å²) < 4.78 is 42.5. The maximum Gasteiger partial charge on any atom is 0.327 e. The number of hydrogen-bond acceptors (Lipinski definition) is 8. The van der Waals surface area contributed by atoms with Gasteiger partial charge < -0.3 is 20.1 Å². The standard InChI is InChI=1S/C32H60N2O9S.Na/c1-3-5-7-9-11-13-15-17-19-21-29(35)33-23-25-42-31(37)27-28(44(39,40)41)32(38)43-26-24-34-30(36)22-20-18-16-14-12-10-8-6-4-2;/h28H,3-27H2,1-2H3,(H,33,35)(H,34,36)(H,39,40,41);. The minimum Gasteiger partial charge on any atom is -0.464 e. The van der Waals surface area contributed by atoms with Crippen molar-refractivity contribution in [2.75, 3.05) is 26.3 Å². The molecule has 0 saturated heterocycles. The molecule has 1 radical (unpaired) electrons. The number of nitrogens with one attached hydrogen (secondary N) is 2. The molecule has 0 aliphatic rings. The van der Waals surface area contributed by atoms with Crippen LogP contribution in [0.25, 0.3) is 0 Å². The first-order valence-corrected chi connectivity index (χ1v) is 18.4. The van der Waals surface area contributed by atoms with Crippen LogP contribution in [0.3, 0.4) is 0 Å². The van der Waals surface area contributed by atoms with Gasteiger partial charge in [0.25, 0.3) is 10.1 Å². The summed E-state index contributed by atoms with van der Waals surface area (Å²) in [6, 6.07) is 0. The number of carbonyl (C=O) groups is 4. The Balaban J connectivity index is 0. The summed E-state index contributed by atoms with van der Waals surface area (Å²) in [6.45, 7) is 3.88. The van der Waals surface area contributed by atoms with E-state index in [1.165, 1.54) is 77.0 Å². The smallest absolute Gasteiger partial charge is 0.327 e. The molecule has 0 saturated carbocycles. The van der Waals surface area contributed by atoms with E-state index in [1.807, 2.05) is 0 Å². The first-order chi connectivity index (χ1) is 21.1. The third-order valence-corrected chi connectivity index (χ3v) is 8.42. The van der Waals surface area contributed by atoms with Crippen molar-refractivity contribution in [3.05, 3.63) is 0 Å². The van der Waals surface area contributed by atoms with Crippen molar-refractivity contribution in [1.29, 1.82) is 0 Å². The van der Waals surface area contributed by atoms with Gasteiger partial charge in [0.15, 0.2) is 5.25 Å². The summed E-state index contributed by atoms with van der Waals surface area (Å²) in [5, 5.41) is 3.09. The molecule has 0 aromatic heterocycles. The average Bonchev–Trinajstić information content (AvgIpc) is 2.98. The predicted octanol–water partition coefficient (Wildman–Crippen LogP) is 5.41. The molecule has 0 spiro atoms. The number of rotatable bonds is 30. The summed E-state index contributed by atoms with van der Waals surface area (Å²) in [5.41, 5.74) is 0. The second-order valence-corrected chi connectivity index (χ2v) is 13.1. The van der Waals surface area contributed by atoms with Crippen LogP contribution in [0.2, 0.25) is 0 Å². The number of hydrogen-bond donors (Lipinski definition) is 3. The van der Waals surface area contributed by atoms with Crippen molar-refractivity contribution in [1.82, 2.24) is 10.6 Å². The van der Waals surface area contributed by atoms with Crippen LogP contribution < -0.4 is 10.6 Å². The van der Waals surface area contributed by atoms with Gasteiger partial charge in [-0.2, -0.15) is 8.42 Å². The van der Waals surface area contributed by atoms with Gasteiger partial charge in [0, 0.05) is 42.4 Å². The van der Waals surface area contributed by atoms with Crippen LogP contribution in [-0.4, -0.2) is 97.8 Å². The number of carbonyl (C=O) groups excluding carboxylic acids is 4. The van der Waals surface area contributed by atoms with Gasteiger partial charge in [0.1, 0.15) is 13.2 Å². The third-order valence-electron chi connectivity index (χ3n) is 7.35. The minimum absolute atomic E-state index is 0. The maximum atomic E-state index is 12.2. The van der Waals surface area contributed by atoms with Gasteiger partial charge in [-0.15, -0.1) is 0 Å². The van der Waals surface area contributed by atoms with Crippen LogP contribution in [0.5, 0.6) is 0 Å². The molecule has 0 aliphatic carbocycles. The van der Waals surface area contributed by atoms with E-state index in [0.29, 0.717) is 12.8 Å². The Morgan fingerprint density at radius 1 is 0.600 bits per heavy atom. The second kappa shape index (κ2) is 31.4. The summed E-state index contributed by atoms with van der Waals surface area (Å²) >= 11 is 0. The molecule has 11 nitrogen and oxygen atoms in total. The minimum atomic E-state index is -4.94. The summed E-state index contributed by atoms with van der Waals surface area (Å²) in [7, 11) is -4.94. The van der Waals surface area contributed by atoms with Crippen molar-refractivity contribution >= 4 is 63.4 Å². The van der Waals surface area contributed by atoms with Gasteiger partial charge in [-0.3, -0.25) is 23.7 Å². The van der Waals surface area contributed by atoms with Gasteiger partial charge in [-0.05, 0) is 12.8 Å². The van der Waals surface area contributed by atoms with Crippen LogP contribution in [0.1, 0.15) is 149 Å². The second-order valence-electron chi connectivity index (χ2n) is 11.5. The van der Waals surface area contributed by atoms with Crippen LogP contribution in [0, 0.1) is 0 Å². The van der Waals surface area contributed by atoms with Crippen molar-refractivity contribution in [3.8, 4) is 0 Å². The fourth-order valence-electron chi connectivity index (χ4n) is 4.68. The molecule has 0 rings (SSSR count). The zero-order chi connectivity index (χ0) is 32.9. The Morgan fingerprint density at radius 3 is 1.33 bits per heavy atom. The van der Waals surface area contributed by atoms with Crippen LogP contribution >= 0.6 is 0 Å². The van der Waals surface area contributed by atoms with E-state index in [4.69, 9.17) is 9.47 Å². The zero-order valence-corrected chi connectivity index (χ0v) is 31.2.